The molecule has 1 aromatic carbocycles. The zero-order valence-electron chi connectivity index (χ0n) is 13.8. The lowest BCUT2D eigenvalue weighted by Gasteiger charge is -2.16. The number of benzene rings is 1. The number of nitrogens with zero attached hydrogens (tertiary/aromatic N) is 5. The van der Waals surface area contributed by atoms with Crippen LogP contribution in [0.2, 0.25) is 0 Å². The summed E-state index contributed by atoms with van der Waals surface area (Å²) in [5.74, 6) is 0.405. The summed E-state index contributed by atoms with van der Waals surface area (Å²) in [4.78, 5) is 22.7. The lowest BCUT2D eigenvalue weighted by molar-refractivity contribution is 0.102. The fraction of sp³-hybridized carbons (Fsp3) is 0.176. The first-order valence-electron chi connectivity index (χ1n) is 7.43. The van der Waals surface area contributed by atoms with Crippen LogP contribution in [0.25, 0.3) is 11.4 Å². The van der Waals surface area contributed by atoms with Gasteiger partial charge in [0.2, 0.25) is 0 Å². The van der Waals surface area contributed by atoms with E-state index in [-0.39, 0.29) is 5.91 Å². The predicted molar refractivity (Wildman–Crippen MR) is 93.0 cm³/mol. The van der Waals surface area contributed by atoms with Crippen molar-refractivity contribution < 1.29 is 4.79 Å². The SMILES string of the molecule is CN(C)c1ccncc1C(=O)Nc1cccc(-c2ncn(C)n2)c1. The van der Waals surface area contributed by atoms with Gasteiger partial charge in [-0.2, -0.15) is 5.10 Å². The first-order chi connectivity index (χ1) is 11.5. The van der Waals surface area contributed by atoms with E-state index in [9.17, 15) is 4.79 Å². The quantitative estimate of drug-likeness (QED) is 0.797. The van der Waals surface area contributed by atoms with Gasteiger partial charge in [0.25, 0.3) is 5.91 Å². The lowest BCUT2D eigenvalue weighted by Crippen LogP contribution is -2.18. The van der Waals surface area contributed by atoms with Crippen LogP contribution in [0.3, 0.4) is 0 Å². The summed E-state index contributed by atoms with van der Waals surface area (Å²) in [6, 6.07) is 9.25. The van der Waals surface area contributed by atoms with Crippen molar-refractivity contribution in [3.8, 4) is 11.4 Å². The summed E-state index contributed by atoms with van der Waals surface area (Å²) in [5, 5.41) is 7.18. The molecule has 0 bridgehead atoms. The molecule has 2 aromatic heterocycles. The first-order valence-corrected chi connectivity index (χ1v) is 7.43. The average Bonchev–Trinajstić information content (AvgIpc) is 3.01. The van der Waals surface area contributed by atoms with E-state index in [2.05, 4.69) is 20.4 Å². The molecule has 1 N–H and O–H groups in total. The number of carbonyl (C=O) groups is 1. The van der Waals surface area contributed by atoms with Gasteiger partial charge in [-0.1, -0.05) is 12.1 Å². The van der Waals surface area contributed by atoms with Crippen molar-refractivity contribution in [3.05, 3.63) is 54.6 Å². The normalized spacial score (nSPS) is 10.5. The van der Waals surface area contributed by atoms with Crippen molar-refractivity contribution in [1.82, 2.24) is 19.7 Å². The predicted octanol–water partition coefficient (Wildman–Crippen LogP) is 2.20. The topological polar surface area (TPSA) is 75.9 Å². The van der Waals surface area contributed by atoms with Crippen LogP contribution in [0.4, 0.5) is 11.4 Å². The van der Waals surface area contributed by atoms with Gasteiger partial charge in [-0.05, 0) is 18.2 Å². The van der Waals surface area contributed by atoms with E-state index in [0.717, 1.165) is 11.3 Å². The van der Waals surface area contributed by atoms with Crippen LogP contribution in [0.5, 0.6) is 0 Å². The van der Waals surface area contributed by atoms with Gasteiger partial charge >= 0.3 is 0 Å². The number of hydrogen-bond acceptors (Lipinski definition) is 5. The van der Waals surface area contributed by atoms with E-state index in [1.54, 1.807) is 23.4 Å². The molecular weight excluding hydrogens is 304 g/mol. The molecule has 7 nitrogen and oxygen atoms in total. The fourth-order valence-corrected chi connectivity index (χ4v) is 2.36. The van der Waals surface area contributed by atoms with E-state index < -0.39 is 0 Å². The summed E-state index contributed by atoms with van der Waals surface area (Å²) in [6.45, 7) is 0. The Kier molecular flexibility index (Phi) is 4.24. The molecule has 0 radical (unpaired) electrons. The van der Waals surface area contributed by atoms with Crippen LogP contribution in [0.15, 0.2) is 49.1 Å². The highest BCUT2D eigenvalue weighted by molar-refractivity contribution is 6.08. The van der Waals surface area contributed by atoms with Crippen LogP contribution >= 0.6 is 0 Å². The number of hydrogen-bond donors (Lipinski definition) is 1. The zero-order chi connectivity index (χ0) is 17.1. The first kappa shape index (κ1) is 15.7. The van der Waals surface area contributed by atoms with E-state index in [1.807, 2.05) is 56.4 Å². The summed E-state index contributed by atoms with van der Waals surface area (Å²) in [6.07, 6.45) is 4.87. The molecule has 0 aliphatic carbocycles. The fourth-order valence-electron chi connectivity index (χ4n) is 2.36. The summed E-state index contributed by atoms with van der Waals surface area (Å²) >= 11 is 0. The minimum atomic E-state index is -0.210. The van der Waals surface area contributed by atoms with Crippen LogP contribution in [-0.4, -0.2) is 39.8 Å². The number of pyridine rings is 1. The maximum Gasteiger partial charge on any atom is 0.259 e. The van der Waals surface area contributed by atoms with Gasteiger partial charge in [-0.3, -0.25) is 14.5 Å². The Morgan fingerprint density at radius 3 is 2.79 bits per heavy atom. The third-order valence-electron chi connectivity index (χ3n) is 3.50. The molecule has 0 aliphatic rings. The van der Waals surface area contributed by atoms with Crippen molar-refractivity contribution >= 4 is 17.3 Å². The van der Waals surface area contributed by atoms with E-state index in [4.69, 9.17) is 0 Å². The number of amides is 1. The van der Waals surface area contributed by atoms with Crippen molar-refractivity contribution in [2.24, 2.45) is 7.05 Å². The highest BCUT2D eigenvalue weighted by atomic mass is 16.1. The molecule has 1 amide bonds. The maximum atomic E-state index is 12.6. The second kappa shape index (κ2) is 6.49. The third-order valence-corrected chi connectivity index (χ3v) is 3.50. The number of rotatable bonds is 4. The summed E-state index contributed by atoms with van der Waals surface area (Å²) in [5.41, 5.74) is 2.85. The van der Waals surface area contributed by atoms with Gasteiger partial charge in [0.1, 0.15) is 6.33 Å². The van der Waals surface area contributed by atoms with Crippen LogP contribution in [0, 0.1) is 0 Å². The maximum absolute atomic E-state index is 12.6. The molecule has 0 unspecified atom stereocenters. The van der Waals surface area contributed by atoms with Gasteiger partial charge in [0, 0.05) is 44.8 Å². The molecule has 0 fully saturated rings. The third kappa shape index (κ3) is 3.24. The number of nitrogens with one attached hydrogen (secondary N) is 1. The molecule has 3 aromatic rings. The zero-order valence-corrected chi connectivity index (χ0v) is 13.8. The van der Waals surface area contributed by atoms with Gasteiger partial charge in [0.15, 0.2) is 5.82 Å². The minimum Gasteiger partial charge on any atom is -0.377 e. The van der Waals surface area contributed by atoms with Gasteiger partial charge in [-0.15, -0.1) is 0 Å². The van der Waals surface area contributed by atoms with E-state index >= 15 is 0 Å². The monoisotopic (exact) mass is 322 g/mol. The molecule has 24 heavy (non-hydrogen) atoms. The molecule has 0 spiro atoms. The Hall–Kier alpha value is -3.22. The van der Waals surface area contributed by atoms with Crippen molar-refractivity contribution in [2.75, 3.05) is 24.3 Å². The van der Waals surface area contributed by atoms with Gasteiger partial charge < -0.3 is 10.2 Å². The average molecular weight is 322 g/mol. The highest BCUT2D eigenvalue weighted by Gasteiger charge is 2.13. The Labute approximate surface area is 140 Å². The summed E-state index contributed by atoms with van der Waals surface area (Å²) in [7, 11) is 5.59. The molecule has 122 valence electrons. The van der Waals surface area contributed by atoms with E-state index in [0.29, 0.717) is 17.1 Å². The molecule has 7 heteroatoms. The van der Waals surface area contributed by atoms with Crippen LogP contribution < -0.4 is 10.2 Å². The number of anilines is 2. The second-order valence-corrected chi connectivity index (χ2v) is 5.56. The Balaban J connectivity index is 1.85. The van der Waals surface area contributed by atoms with Crippen LogP contribution in [0.1, 0.15) is 10.4 Å². The largest absolute Gasteiger partial charge is 0.377 e. The highest BCUT2D eigenvalue weighted by Crippen LogP contribution is 2.21. The summed E-state index contributed by atoms with van der Waals surface area (Å²) < 4.78 is 1.64. The van der Waals surface area contributed by atoms with Crippen molar-refractivity contribution in [3.63, 3.8) is 0 Å². The number of carbonyl (C=O) groups excluding carboxylic acids is 1. The number of aryl methyl sites for hydroxylation is 1. The molecule has 0 atom stereocenters. The van der Waals surface area contributed by atoms with E-state index in [1.165, 1.54) is 0 Å². The molecule has 2 heterocycles. The Bertz CT molecular complexity index is 871. The Morgan fingerprint density at radius 2 is 2.08 bits per heavy atom. The Morgan fingerprint density at radius 1 is 1.25 bits per heavy atom. The van der Waals surface area contributed by atoms with Crippen molar-refractivity contribution in [1.29, 1.82) is 0 Å². The van der Waals surface area contributed by atoms with Gasteiger partial charge in [0.05, 0.1) is 11.3 Å². The van der Waals surface area contributed by atoms with Crippen molar-refractivity contribution in [2.45, 2.75) is 0 Å². The molecule has 0 aliphatic heterocycles. The smallest absolute Gasteiger partial charge is 0.259 e. The molecule has 0 saturated heterocycles. The van der Waals surface area contributed by atoms with Crippen LogP contribution in [-0.2, 0) is 7.05 Å². The molecule has 3 rings (SSSR count). The lowest BCUT2D eigenvalue weighted by atomic mass is 10.1. The standard InChI is InChI=1S/C17H18N6O/c1-22(2)15-7-8-18-10-14(15)17(24)20-13-6-4-5-12(9-13)16-19-11-23(3)21-16/h4-11H,1-3H3,(H,20,24). The molecular formula is C17H18N6O. The number of aromatic nitrogens is 4. The molecule has 0 saturated carbocycles. The van der Waals surface area contributed by atoms with Gasteiger partial charge in [-0.25, -0.2) is 4.98 Å². The minimum absolute atomic E-state index is 0.210. The second-order valence-electron chi connectivity index (χ2n) is 5.56.